The van der Waals surface area contributed by atoms with Crippen LogP contribution in [0.3, 0.4) is 0 Å². The summed E-state index contributed by atoms with van der Waals surface area (Å²) in [5, 5.41) is 6.96. The molecule has 2 amide bonds. The lowest BCUT2D eigenvalue weighted by atomic mass is 9.94. The Balaban J connectivity index is 1.53. The number of amides is 2. The number of thioether (sulfide) groups is 1. The molecule has 1 aromatic heterocycles. The van der Waals surface area contributed by atoms with E-state index in [1.54, 1.807) is 18.0 Å². The number of aromatic nitrogens is 1. The molecule has 3 aromatic rings. The molecule has 0 saturated carbocycles. The van der Waals surface area contributed by atoms with Crippen LogP contribution in [0.15, 0.2) is 65.8 Å². The molecule has 2 aliphatic rings. The van der Waals surface area contributed by atoms with Crippen LogP contribution in [-0.4, -0.2) is 11.0 Å². The predicted molar refractivity (Wildman–Crippen MR) is 105 cm³/mol. The maximum Gasteiger partial charge on any atom is 0.319 e. The molecule has 5 nitrogen and oxygen atoms in total. The van der Waals surface area contributed by atoms with Crippen molar-refractivity contribution >= 4 is 23.5 Å². The molecular weight excluding hydrogens is 358 g/mol. The average Bonchev–Trinajstić information content (AvgIpc) is 3.04. The smallest absolute Gasteiger partial charge is 0.319 e. The Morgan fingerprint density at radius 1 is 1.07 bits per heavy atom. The molecular formula is C21H17N3O2S. The summed E-state index contributed by atoms with van der Waals surface area (Å²) in [6.07, 6.45) is 1.74. The number of pyridine rings is 1. The van der Waals surface area contributed by atoms with Gasteiger partial charge in [0.2, 0.25) is 0 Å². The van der Waals surface area contributed by atoms with Crippen molar-refractivity contribution in [2.24, 2.45) is 0 Å². The number of carbonyl (C=O) groups excluding carboxylic acids is 1. The number of para-hydroxylation sites is 1. The molecule has 6 heteroatoms. The number of carbonyl (C=O) groups is 1. The molecule has 0 saturated heterocycles. The molecule has 2 aliphatic heterocycles. The Bertz CT molecular complexity index is 1040. The lowest BCUT2D eigenvalue weighted by molar-refractivity contribution is 0.247. The normalized spacial score (nSPS) is 19.8. The van der Waals surface area contributed by atoms with Crippen molar-refractivity contribution in [3.63, 3.8) is 0 Å². The predicted octanol–water partition coefficient (Wildman–Crippen LogP) is 5.21. The van der Waals surface area contributed by atoms with Gasteiger partial charge in [-0.05, 0) is 48.4 Å². The molecule has 0 fully saturated rings. The maximum absolute atomic E-state index is 12.1. The van der Waals surface area contributed by atoms with Crippen LogP contribution < -0.4 is 15.4 Å². The second-order valence-electron chi connectivity index (χ2n) is 6.63. The minimum atomic E-state index is -0.175. The van der Waals surface area contributed by atoms with Gasteiger partial charge < -0.3 is 15.4 Å². The lowest BCUT2D eigenvalue weighted by Crippen LogP contribution is -2.38. The molecule has 0 aliphatic carbocycles. The minimum absolute atomic E-state index is 0.0547. The van der Waals surface area contributed by atoms with Gasteiger partial charge in [-0.15, -0.1) is 0 Å². The van der Waals surface area contributed by atoms with Crippen molar-refractivity contribution in [1.29, 1.82) is 0 Å². The van der Waals surface area contributed by atoms with Crippen molar-refractivity contribution in [3.8, 4) is 11.5 Å². The monoisotopic (exact) mass is 375 g/mol. The van der Waals surface area contributed by atoms with Crippen LogP contribution in [0.25, 0.3) is 0 Å². The van der Waals surface area contributed by atoms with Gasteiger partial charge in [0.25, 0.3) is 0 Å². The van der Waals surface area contributed by atoms with E-state index in [9.17, 15) is 4.79 Å². The fourth-order valence-electron chi connectivity index (χ4n) is 3.60. The van der Waals surface area contributed by atoms with Crippen LogP contribution in [0.4, 0.5) is 10.5 Å². The third-order valence-electron chi connectivity index (χ3n) is 4.88. The van der Waals surface area contributed by atoms with E-state index in [0.717, 1.165) is 38.9 Å². The lowest BCUT2D eigenvalue weighted by Gasteiger charge is -2.27. The van der Waals surface area contributed by atoms with E-state index in [1.807, 2.05) is 42.5 Å². The molecule has 3 heterocycles. The number of ether oxygens (including phenoxy) is 1. The number of rotatable bonds is 3. The molecule has 0 radical (unpaired) electrons. The van der Waals surface area contributed by atoms with Crippen LogP contribution >= 0.6 is 11.8 Å². The van der Waals surface area contributed by atoms with Gasteiger partial charge in [-0.2, -0.15) is 0 Å². The van der Waals surface area contributed by atoms with Crippen LogP contribution in [0.2, 0.25) is 0 Å². The Hall–Kier alpha value is -2.99. The highest BCUT2D eigenvalue weighted by Crippen LogP contribution is 2.56. The molecule has 0 spiro atoms. The zero-order valence-corrected chi connectivity index (χ0v) is 15.4. The summed E-state index contributed by atoms with van der Waals surface area (Å²) in [4.78, 5) is 16.6. The molecule has 5 rings (SSSR count). The number of urea groups is 1. The number of nitrogens with one attached hydrogen (secondary N) is 2. The SMILES string of the molecule is Cc1ccc(Oc2ccccc2)cc1C1Sc2nccc3c2C1NC(=O)N3. The summed E-state index contributed by atoms with van der Waals surface area (Å²) in [5.41, 5.74) is 4.22. The van der Waals surface area contributed by atoms with Crippen molar-refractivity contribution in [1.82, 2.24) is 10.3 Å². The summed E-state index contributed by atoms with van der Waals surface area (Å²) in [6.45, 7) is 2.09. The first-order valence-electron chi connectivity index (χ1n) is 8.75. The van der Waals surface area contributed by atoms with E-state index in [4.69, 9.17) is 4.74 Å². The number of hydrogen-bond donors (Lipinski definition) is 2. The number of hydrogen-bond acceptors (Lipinski definition) is 4. The molecule has 27 heavy (non-hydrogen) atoms. The third-order valence-corrected chi connectivity index (χ3v) is 6.21. The largest absolute Gasteiger partial charge is 0.457 e. The first kappa shape index (κ1) is 16.2. The minimum Gasteiger partial charge on any atom is -0.457 e. The summed E-state index contributed by atoms with van der Waals surface area (Å²) >= 11 is 1.69. The van der Waals surface area contributed by atoms with Gasteiger partial charge in [0, 0.05) is 11.8 Å². The van der Waals surface area contributed by atoms with E-state index >= 15 is 0 Å². The molecule has 2 N–H and O–H groups in total. The quantitative estimate of drug-likeness (QED) is 0.660. The highest BCUT2D eigenvalue weighted by molar-refractivity contribution is 7.99. The van der Waals surface area contributed by atoms with Crippen molar-refractivity contribution < 1.29 is 9.53 Å². The van der Waals surface area contributed by atoms with Crippen LogP contribution in [0, 0.1) is 6.92 Å². The van der Waals surface area contributed by atoms with Gasteiger partial charge in [0.05, 0.1) is 17.0 Å². The number of benzene rings is 2. The van der Waals surface area contributed by atoms with Crippen molar-refractivity contribution in [2.75, 3.05) is 5.32 Å². The van der Waals surface area contributed by atoms with Gasteiger partial charge in [0.1, 0.15) is 16.5 Å². The van der Waals surface area contributed by atoms with Gasteiger partial charge >= 0.3 is 6.03 Å². The molecule has 2 aromatic carbocycles. The van der Waals surface area contributed by atoms with Gasteiger partial charge in [-0.3, -0.25) is 0 Å². The fraction of sp³-hybridized carbons (Fsp3) is 0.143. The van der Waals surface area contributed by atoms with E-state index < -0.39 is 0 Å². The van der Waals surface area contributed by atoms with E-state index in [2.05, 4.69) is 34.7 Å². The first-order chi connectivity index (χ1) is 13.2. The molecule has 134 valence electrons. The van der Waals surface area contributed by atoms with Crippen LogP contribution in [0.1, 0.15) is 28.0 Å². The zero-order valence-electron chi connectivity index (χ0n) is 14.6. The first-order valence-corrected chi connectivity index (χ1v) is 9.63. The summed E-state index contributed by atoms with van der Waals surface area (Å²) in [6, 6.07) is 17.4. The fourth-order valence-corrected chi connectivity index (χ4v) is 5.05. The highest BCUT2D eigenvalue weighted by atomic mass is 32.2. The van der Waals surface area contributed by atoms with Gasteiger partial charge in [-0.1, -0.05) is 36.0 Å². The van der Waals surface area contributed by atoms with Crippen LogP contribution in [-0.2, 0) is 0 Å². The Labute approximate surface area is 161 Å². The number of nitrogens with zero attached hydrogens (tertiary/aromatic N) is 1. The molecule has 2 atom stereocenters. The topological polar surface area (TPSA) is 63.2 Å². The van der Waals surface area contributed by atoms with Gasteiger partial charge in [-0.25, -0.2) is 9.78 Å². The second kappa shape index (κ2) is 6.32. The standard InChI is InChI=1S/C21H17N3O2S/c1-12-7-8-14(26-13-5-3-2-4-6-13)11-15(12)19-18-17-16(23-21(25)24-18)9-10-22-20(17)27-19/h2-11,18-19H,1H3,(H2,23,24,25). The Morgan fingerprint density at radius 2 is 1.93 bits per heavy atom. The van der Waals surface area contributed by atoms with E-state index in [-0.39, 0.29) is 17.3 Å². The number of aryl methyl sites for hydroxylation is 1. The zero-order chi connectivity index (χ0) is 18.4. The Morgan fingerprint density at radius 3 is 2.78 bits per heavy atom. The van der Waals surface area contributed by atoms with Crippen LogP contribution in [0.5, 0.6) is 11.5 Å². The number of anilines is 1. The highest BCUT2D eigenvalue weighted by Gasteiger charge is 2.41. The Kier molecular flexibility index (Phi) is 3.79. The summed E-state index contributed by atoms with van der Waals surface area (Å²) in [7, 11) is 0. The van der Waals surface area contributed by atoms with E-state index in [0.29, 0.717) is 0 Å². The van der Waals surface area contributed by atoms with E-state index in [1.165, 1.54) is 0 Å². The average molecular weight is 375 g/mol. The summed E-state index contributed by atoms with van der Waals surface area (Å²) in [5.74, 6) is 1.58. The molecule has 0 bridgehead atoms. The second-order valence-corrected chi connectivity index (χ2v) is 7.76. The maximum atomic E-state index is 12.1. The van der Waals surface area contributed by atoms with Gasteiger partial charge in [0.15, 0.2) is 0 Å². The molecule has 2 unspecified atom stereocenters. The van der Waals surface area contributed by atoms with Crippen molar-refractivity contribution in [3.05, 3.63) is 77.5 Å². The van der Waals surface area contributed by atoms with Crippen molar-refractivity contribution in [2.45, 2.75) is 23.2 Å². The third kappa shape index (κ3) is 2.82. The summed E-state index contributed by atoms with van der Waals surface area (Å²) < 4.78 is 6.01.